The van der Waals surface area contributed by atoms with Gasteiger partial charge in [-0.25, -0.2) is 0 Å². The highest BCUT2D eigenvalue weighted by molar-refractivity contribution is 5.92. The van der Waals surface area contributed by atoms with Crippen molar-refractivity contribution in [2.24, 2.45) is 0 Å². The van der Waals surface area contributed by atoms with Crippen LogP contribution in [-0.2, 0) is 19.4 Å². The number of rotatable bonds is 8. The van der Waals surface area contributed by atoms with E-state index in [0.29, 0.717) is 43.1 Å². The lowest BCUT2D eigenvalue weighted by atomic mass is 10.1. The van der Waals surface area contributed by atoms with Crippen LogP contribution in [0.25, 0.3) is 0 Å². The molecule has 3 heterocycles. The van der Waals surface area contributed by atoms with Crippen molar-refractivity contribution in [3.8, 4) is 17.2 Å². The average Bonchev–Trinajstić information content (AvgIpc) is 3.33. The van der Waals surface area contributed by atoms with Crippen LogP contribution < -0.4 is 19.5 Å². The molecule has 0 bridgehead atoms. The Labute approximate surface area is 174 Å². The van der Waals surface area contributed by atoms with E-state index in [1.165, 1.54) is 0 Å². The van der Waals surface area contributed by atoms with Crippen molar-refractivity contribution >= 4 is 5.91 Å². The predicted octanol–water partition coefficient (Wildman–Crippen LogP) is 2.27. The lowest BCUT2D eigenvalue weighted by Gasteiger charge is -2.12. The van der Waals surface area contributed by atoms with Crippen molar-refractivity contribution in [1.82, 2.24) is 20.1 Å². The summed E-state index contributed by atoms with van der Waals surface area (Å²) in [4.78, 5) is 16.5. The van der Waals surface area contributed by atoms with E-state index in [2.05, 4.69) is 15.4 Å². The Morgan fingerprint density at radius 3 is 2.67 bits per heavy atom. The summed E-state index contributed by atoms with van der Waals surface area (Å²) >= 11 is 0. The maximum absolute atomic E-state index is 12.5. The molecule has 1 aromatic carbocycles. The molecule has 8 nitrogen and oxygen atoms in total. The van der Waals surface area contributed by atoms with Crippen LogP contribution in [0.1, 0.15) is 21.7 Å². The van der Waals surface area contributed by atoms with Gasteiger partial charge in [-0.1, -0.05) is 6.07 Å². The first kappa shape index (κ1) is 19.8. The molecule has 30 heavy (non-hydrogen) atoms. The summed E-state index contributed by atoms with van der Waals surface area (Å²) in [5.41, 5.74) is 2.48. The van der Waals surface area contributed by atoms with Gasteiger partial charge in [-0.3, -0.25) is 14.5 Å². The monoisotopic (exact) mass is 408 g/mol. The minimum atomic E-state index is -0.177. The first-order valence-corrected chi connectivity index (χ1v) is 9.79. The van der Waals surface area contributed by atoms with Gasteiger partial charge in [-0.05, 0) is 42.3 Å². The summed E-state index contributed by atoms with van der Waals surface area (Å²) in [6.07, 6.45) is 4.81. The fourth-order valence-corrected chi connectivity index (χ4v) is 3.51. The van der Waals surface area contributed by atoms with E-state index in [1.54, 1.807) is 26.6 Å². The number of ether oxygens (including phenoxy) is 3. The third-order valence-electron chi connectivity index (χ3n) is 5.01. The molecule has 1 N–H and O–H groups in total. The van der Waals surface area contributed by atoms with E-state index >= 15 is 0 Å². The second-order valence-corrected chi connectivity index (χ2v) is 7.03. The molecule has 1 atom stereocenters. The molecule has 0 spiro atoms. The molecule has 0 saturated carbocycles. The second kappa shape index (κ2) is 8.86. The molecule has 0 unspecified atom stereocenters. The van der Waals surface area contributed by atoms with Crippen LogP contribution in [-0.4, -0.2) is 47.5 Å². The Morgan fingerprint density at radius 1 is 1.13 bits per heavy atom. The number of fused-ring (bicyclic) bond motifs is 1. The highest BCUT2D eigenvalue weighted by Gasteiger charge is 2.26. The van der Waals surface area contributed by atoms with Crippen molar-refractivity contribution in [2.45, 2.75) is 25.5 Å². The number of nitrogens with zero attached hydrogens (tertiary/aromatic N) is 3. The predicted molar refractivity (Wildman–Crippen MR) is 110 cm³/mol. The third kappa shape index (κ3) is 4.37. The van der Waals surface area contributed by atoms with Crippen LogP contribution in [0, 0.1) is 0 Å². The Kier molecular flexibility index (Phi) is 5.83. The molecule has 0 saturated heterocycles. The Bertz CT molecular complexity index is 996. The Balaban J connectivity index is 1.28. The SMILES string of the molecule is COc1ccc(CCNC(=O)c2cc3n(n2)C[C@@H](Oc2ccncc2)C3)cc1OC. The number of benzene rings is 1. The molecule has 8 heteroatoms. The second-order valence-electron chi connectivity index (χ2n) is 7.03. The van der Waals surface area contributed by atoms with Crippen LogP contribution in [0.4, 0.5) is 0 Å². The standard InChI is InChI=1S/C22H24N4O4/c1-28-20-4-3-15(11-21(20)29-2)5-10-24-22(27)19-13-16-12-18(14-26(16)25-19)30-17-6-8-23-9-7-17/h3-4,6-9,11,13,18H,5,10,12,14H2,1-2H3,(H,24,27)/t18-/m0/s1. The normalized spacial score (nSPS) is 14.8. The zero-order valence-electron chi connectivity index (χ0n) is 17.0. The average molecular weight is 408 g/mol. The molecular weight excluding hydrogens is 384 g/mol. The number of hydrogen-bond acceptors (Lipinski definition) is 6. The molecule has 1 aliphatic heterocycles. The van der Waals surface area contributed by atoms with Gasteiger partial charge in [0.15, 0.2) is 11.5 Å². The van der Waals surface area contributed by atoms with Crippen molar-refractivity contribution in [1.29, 1.82) is 0 Å². The lowest BCUT2D eigenvalue weighted by Crippen LogP contribution is -2.26. The number of carbonyl (C=O) groups excluding carboxylic acids is 1. The van der Waals surface area contributed by atoms with Gasteiger partial charge in [-0.15, -0.1) is 0 Å². The first-order valence-electron chi connectivity index (χ1n) is 9.79. The number of nitrogens with one attached hydrogen (secondary N) is 1. The fraction of sp³-hybridized carbons (Fsp3) is 0.318. The van der Waals surface area contributed by atoms with E-state index in [1.807, 2.05) is 41.1 Å². The summed E-state index contributed by atoms with van der Waals surface area (Å²) in [6.45, 7) is 1.13. The van der Waals surface area contributed by atoms with E-state index in [0.717, 1.165) is 17.0 Å². The number of pyridine rings is 1. The zero-order chi connectivity index (χ0) is 20.9. The fourth-order valence-electron chi connectivity index (χ4n) is 3.51. The number of hydrogen-bond donors (Lipinski definition) is 1. The number of carbonyl (C=O) groups is 1. The molecule has 4 rings (SSSR count). The molecular formula is C22H24N4O4. The minimum Gasteiger partial charge on any atom is -0.493 e. The van der Waals surface area contributed by atoms with Gasteiger partial charge in [0.05, 0.1) is 20.8 Å². The quantitative estimate of drug-likeness (QED) is 0.615. The van der Waals surface area contributed by atoms with Gasteiger partial charge in [0.25, 0.3) is 5.91 Å². The van der Waals surface area contributed by atoms with Crippen LogP contribution in [0.3, 0.4) is 0 Å². The molecule has 0 radical (unpaired) electrons. The maximum atomic E-state index is 12.5. The van der Waals surface area contributed by atoms with Gasteiger partial charge >= 0.3 is 0 Å². The molecule has 1 aliphatic rings. The molecule has 2 aromatic heterocycles. The van der Waals surface area contributed by atoms with Gasteiger partial charge in [0, 0.05) is 31.1 Å². The summed E-state index contributed by atoms with van der Waals surface area (Å²) in [7, 11) is 3.21. The Hall–Kier alpha value is -3.55. The summed E-state index contributed by atoms with van der Waals surface area (Å²) in [5.74, 6) is 1.97. The largest absolute Gasteiger partial charge is 0.493 e. The molecule has 0 aliphatic carbocycles. The van der Waals surface area contributed by atoms with E-state index in [9.17, 15) is 4.79 Å². The summed E-state index contributed by atoms with van der Waals surface area (Å²) in [5, 5.41) is 7.36. The molecule has 156 valence electrons. The number of amides is 1. The van der Waals surface area contributed by atoms with Crippen LogP contribution in [0.5, 0.6) is 17.2 Å². The third-order valence-corrected chi connectivity index (χ3v) is 5.01. The van der Waals surface area contributed by atoms with Gasteiger partial charge < -0.3 is 19.5 Å². The van der Waals surface area contributed by atoms with Crippen LogP contribution in [0.15, 0.2) is 48.8 Å². The van der Waals surface area contributed by atoms with Gasteiger partial charge in [0.1, 0.15) is 17.5 Å². The van der Waals surface area contributed by atoms with Crippen molar-refractivity contribution in [3.05, 3.63) is 65.7 Å². The Morgan fingerprint density at radius 2 is 1.93 bits per heavy atom. The van der Waals surface area contributed by atoms with Crippen LogP contribution >= 0.6 is 0 Å². The van der Waals surface area contributed by atoms with Crippen molar-refractivity contribution < 1.29 is 19.0 Å². The van der Waals surface area contributed by atoms with Crippen LogP contribution in [0.2, 0.25) is 0 Å². The van der Waals surface area contributed by atoms with Gasteiger partial charge in [0.2, 0.25) is 0 Å². The highest BCUT2D eigenvalue weighted by Crippen LogP contribution is 2.27. The first-order chi connectivity index (χ1) is 14.7. The lowest BCUT2D eigenvalue weighted by molar-refractivity contribution is 0.0947. The minimum absolute atomic E-state index is 0.0112. The summed E-state index contributed by atoms with van der Waals surface area (Å²) < 4.78 is 18.3. The summed E-state index contributed by atoms with van der Waals surface area (Å²) in [6, 6.07) is 11.2. The van der Waals surface area contributed by atoms with E-state index < -0.39 is 0 Å². The molecule has 1 amide bonds. The number of methoxy groups -OCH3 is 2. The van der Waals surface area contributed by atoms with Crippen molar-refractivity contribution in [3.63, 3.8) is 0 Å². The molecule has 3 aromatic rings. The smallest absolute Gasteiger partial charge is 0.271 e. The van der Waals surface area contributed by atoms with E-state index in [-0.39, 0.29) is 12.0 Å². The zero-order valence-corrected chi connectivity index (χ0v) is 17.0. The van der Waals surface area contributed by atoms with Crippen molar-refractivity contribution in [2.75, 3.05) is 20.8 Å². The molecule has 0 fully saturated rings. The number of aromatic nitrogens is 3. The van der Waals surface area contributed by atoms with Gasteiger partial charge in [-0.2, -0.15) is 5.10 Å². The highest BCUT2D eigenvalue weighted by atomic mass is 16.5. The van der Waals surface area contributed by atoms with E-state index in [4.69, 9.17) is 14.2 Å². The maximum Gasteiger partial charge on any atom is 0.271 e. The topological polar surface area (TPSA) is 87.5 Å².